The maximum absolute atomic E-state index is 13.3. The van der Waals surface area contributed by atoms with Gasteiger partial charge in [-0.05, 0) is 36.1 Å². The Hall–Kier alpha value is -2.20. The lowest BCUT2D eigenvalue weighted by Gasteiger charge is -2.25. The predicted octanol–water partition coefficient (Wildman–Crippen LogP) is 3.03. The zero-order valence-electron chi connectivity index (χ0n) is 14.1. The maximum atomic E-state index is 13.3. The topological polar surface area (TPSA) is 46.3 Å². The summed E-state index contributed by atoms with van der Waals surface area (Å²) in [5.74, 6) is -0.398. The van der Waals surface area contributed by atoms with Crippen molar-refractivity contribution in [1.82, 2.24) is 4.90 Å². The monoisotopic (exact) mass is 328 g/mol. The van der Waals surface area contributed by atoms with Crippen molar-refractivity contribution in [2.24, 2.45) is 11.7 Å². The van der Waals surface area contributed by atoms with Crippen molar-refractivity contribution in [2.45, 2.75) is 19.8 Å². The number of nitrogens with two attached hydrogens (primary N) is 1. The molecule has 0 spiro atoms. The Balaban J connectivity index is 1.96. The standard InChI is InChI=1S/C20H25FN2O/c1-16(14-18-8-5-9-19(21)15-18)20(24)23(13-11-22)12-10-17-6-3-2-4-7-17/h2-9,15-16H,10-14,22H2,1H3. The van der Waals surface area contributed by atoms with Crippen LogP contribution in [0.3, 0.4) is 0 Å². The number of hydrogen-bond acceptors (Lipinski definition) is 2. The van der Waals surface area contributed by atoms with Crippen molar-refractivity contribution in [1.29, 1.82) is 0 Å². The number of rotatable bonds is 8. The minimum absolute atomic E-state index is 0.0700. The molecule has 1 unspecified atom stereocenters. The van der Waals surface area contributed by atoms with Crippen LogP contribution in [0.4, 0.5) is 4.39 Å². The zero-order chi connectivity index (χ0) is 17.4. The van der Waals surface area contributed by atoms with Gasteiger partial charge in [0.1, 0.15) is 5.82 Å². The fraction of sp³-hybridized carbons (Fsp3) is 0.350. The fourth-order valence-corrected chi connectivity index (χ4v) is 2.81. The van der Waals surface area contributed by atoms with E-state index in [9.17, 15) is 9.18 Å². The molecule has 0 aliphatic heterocycles. The molecule has 0 heterocycles. The first-order valence-electron chi connectivity index (χ1n) is 8.37. The molecule has 0 bridgehead atoms. The number of benzene rings is 2. The van der Waals surface area contributed by atoms with Gasteiger partial charge in [-0.2, -0.15) is 0 Å². The van der Waals surface area contributed by atoms with E-state index in [1.165, 1.54) is 17.7 Å². The van der Waals surface area contributed by atoms with E-state index in [1.54, 1.807) is 6.07 Å². The second-order valence-electron chi connectivity index (χ2n) is 6.08. The van der Waals surface area contributed by atoms with Crippen LogP contribution in [0.15, 0.2) is 54.6 Å². The van der Waals surface area contributed by atoms with E-state index in [4.69, 9.17) is 5.73 Å². The molecule has 2 rings (SSSR count). The van der Waals surface area contributed by atoms with Crippen LogP contribution in [0.1, 0.15) is 18.1 Å². The Morgan fingerprint density at radius 3 is 2.46 bits per heavy atom. The van der Waals surface area contributed by atoms with Gasteiger partial charge in [-0.1, -0.05) is 49.4 Å². The van der Waals surface area contributed by atoms with Gasteiger partial charge >= 0.3 is 0 Å². The van der Waals surface area contributed by atoms with Crippen molar-refractivity contribution in [3.05, 3.63) is 71.5 Å². The minimum atomic E-state index is -0.268. The van der Waals surface area contributed by atoms with Gasteiger partial charge in [0, 0.05) is 25.6 Å². The van der Waals surface area contributed by atoms with Gasteiger partial charge in [-0.15, -0.1) is 0 Å². The summed E-state index contributed by atoms with van der Waals surface area (Å²) in [4.78, 5) is 14.5. The molecule has 2 aromatic carbocycles. The Morgan fingerprint density at radius 2 is 1.79 bits per heavy atom. The Bertz CT molecular complexity index is 645. The van der Waals surface area contributed by atoms with Crippen molar-refractivity contribution in [3.8, 4) is 0 Å². The molecule has 4 heteroatoms. The number of hydrogen-bond donors (Lipinski definition) is 1. The third kappa shape index (κ3) is 5.46. The molecular formula is C20H25FN2O. The molecule has 128 valence electrons. The van der Waals surface area contributed by atoms with Crippen LogP contribution in [0.2, 0.25) is 0 Å². The lowest BCUT2D eigenvalue weighted by molar-refractivity contribution is -0.134. The van der Waals surface area contributed by atoms with Crippen LogP contribution in [0.25, 0.3) is 0 Å². The number of amides is 1. The summed E-state index contributed by atoms with van der Waals surface area (Å²) in [5, 5.41) is 0. The molecule has 1 atom stereocenters. The predicted molar refractivity (Wildman–Crippen MR) is 95.0 cm³/mol. The van der Waals surface area contributed by atoms with E-state index in [0.29, 0.717) is 26.1 Å². The molecule has 2 N–H and O–H groups in total. The number of nitrogens with zero attached hydrogens (tertiary/aromatic N) is 1. The van der Waals surface area contributed by atoms with E-state index >= 15 is 0 Å². The van der Waals surface area contributed by atoms with E-state index in [1.807, 2.05) is 36.1 Å². The summed E-state index contributed by atoms with van der Waals surface area (Å²) >= 11 is 0. The maximum Gasteiger partial charge on any atom is 0.225 e. The van der Waals surface area contributed by atoms with Crippen molar-refractivity contribution in [3.63, 3.8) is 0 Å². The zero-order valence-corrected chi connectivity index (χ0v) is 14.1. The first kappa shape index (κ1) is 18.1. The highest BCUT2D eigenvalue weighted by Crippen LogP contribution is 2.13. The third-order valence-corrected chi connectivity index (χ3v) is 4.08. The van der Waals surface area contributed by atoms with Crippen LogP contribution < -0.4 is 5.73 Å². The molecule has 2 aromatic rings. The van der Waals surface area contributed by atoms with Gasteiger partial charge in [0.2, 0.25) is 5.91 Å². The molecule has 0 saturated carbocycles. The molecule has 1 amide bonds. The average Bonchev–Trinajstić information content (AvgIpc) is 2.59. The first-order valence-corrected chi connectivity index (χ1v) is 8.37. The minimum Gasteiger partial charge on any atom is -0.341 e. The number of carbonyl (C=O) groups excluding carboxylic acids is 1. The highest BCUT2D eigenvalue weighted by Gasteiger charge is 2.20. The normalized spacial score (nSPS) is 12.0. The third-order valence-electron chi connectivity index (χ3n) is 4.08. The largest absolute Gasteiger partial charge is 0.341 e. The van der Waals surface area contributed by atoms with Crippen molar-refractivity contribution in [2.75, 3.05) is 19.6 Å². The van der Waals surface area contributed by atoms with Crippen LogP contribution >= 0.6 is 0 Å². The SMILES string of the molecule is CC(Cc1cccc(F)c1)C(=O)N(CCN)CCc1ccccc1. The van der Waals surface area contributed by atoms with Gasteiger partial charge in [-0.25, -0.2) is 4.39 Å². The van der Waals surface area contributed by atoms with E-state index in [0.717, 1.165) is 12.0 Å². The molecule has 0 fully saturated rings. The molecular weight excluding hydrogens is 303 g/mol. The average molecular weight is 328 g/mol. The highest BCUT2D eigenvalue weighted by molar-refractivity contribution is 5.78. The van der Waals surface area contributed by atoms with Crippen molar-refractivity contribution >= 4 is 5.91 Å². The van der Waals surface area contributed by atoms with Crippen LogP contribution in [0, 0.1) is 11.7 Å². The Labute approximate surface area is 143 Å². The van der Waals surface area contributed by atoms with Gasteiger partial charge in [0.15, 0.2) is 0 Å². The summed E-state index contributed by atoms with van der Waals surface area (Å²) in [6.07, 6.45) is 1.34. The molecule has 0 aliphatic carbocycles. The molecule has 0 aromatic heterocycles. The summed E-state index contributed by atoms with van der Waals surface area (Å²) in [7, 11) is 0. The first-order chi connectivity index (χ1) is 11.6. The van der Waals surface area contributed by atoms with E-state index in [2.05, 4.69) is 12.1 Å². The Morgan fingerprint density at radius 1 is 1.08 bits per heavy atom. The van der Waals surface area contributed by atoms with E-state index < -0.39 is 0 Å². The van der Waals surface area contributed by atoms with Crippen molar-refractivity contribution < 1.29 is 9.18 Å². The lowest BCUT2D eigenvalue weighted by Crippen LogP contribution is -2.40. The molecule has 0 aliphatic rings. The molecule has 24 heavy (non-hydrogen) atoms. The van der Waals surface area contributed by atoms with Crippen LogP contribution in [-0.2, 0) is 17.6 Å². The quantitative estimate of drug-likeness (QED) is 0.809. The summed E-state index contributed by atoms with van der Waals surface area (Å²) in [6, 6.07) is 16.5. The molecule has 0 saturated heterocycles. The number of carbonyl (C=O) groups is 1. The Kier molecular flexibility index (Phi) is 6.94. The highest BCUT2D eigenvalue weighted by atomic mass is 19.1. The summed E-state index contributed by atoms with van der Waals surface area (Å²) in [5.41, 5.74) is 7.70. The fourth-order valence-electron chi connectivity index (χ4n) is 2.81. The molecule has 0 radical (unpaired) electrons. The number of halogens is 1. The second kappa shape index (κ2) is 9.18. The van der Waals surface area contributed by atoms with Gasteiger partial charge in [0.25, 0.3) is 0 Å². The molecule has 3 nitrogen and oxygen atoms in total. The van der Waals surface area contributed by atoms with Crippen LogP contribution in [-0.4, -0.2) is 30.4 Å². The second-order valence-corrected chi connectivity index (χ2v) is 6.08. The summed E-state index contributed by atoms with van der Waals surface area (Å²) in [6.45, 7) is 3.51. The van der Waals surface area contributed by atoms with Crippen LogP contribution in [0.5, 0.6) is 0 Å². The van der Waals surface area contributed by atoms with E-state index in [-0.39, 0.29) is 17.6 Å². The lowest BCUT2D eigenvalue weighted by atomic mass is 9.99. The van der Waals surface area contributed by atoms with Gasteiger partial charge < -0.3 is 10.6 Å². The van der Waals surface area contributed by atoms with Gasteiger partial charge in [0.05, 0.1) is 0 Å². The summed E-state index contributed by atoms with van der Waals surface area (Å²) < 4.78 is 13.3. The van der Waals surface area contributed by atoms with Gasteiger partial charge in [-0.3, -0.25) is 4.79 Å². The smallest absolute Gasteiger partial charge is 0.225 e.